The van der Waals surface area contributed by atoms with Crippen molar-refractivity contribution in [2.45, 2.75) is 15.2 Å². The van der Waals surface area contributed by atoms with Crippen LogP contribution in [0.5, 0.6) is 5.75 Å². The molecule has 1 N–H and O–H groups in total. The summed E-state index contributed by atoms with van der Waals surface area (Å²) in [6.07, 6.45) is -1.31. The van der Waals surface area contributed by atoms with Crippen LogP contribution in [-0.4, -0.2) is 28.6 Å². The Morgan fingerprint density at radius 2 is 1.94 bits per heavy atom. The number of hydrogen-bond acceptors (Lipinski definition) is 4. The van der Waals surface area contributed by atoms with Crippen molar-refractivity contribution in [3.8, 4) is 5.75 Å². The van der Waals surface area contributed by atoms with Crippen LogP contribution in [0.3, 0.4) is 0 Å². The average molecular weight is 405 g/mol. The first kappa shape index (κ1) is 16.0. The molecule has 0 fully saturated rings. The highest BCUT2D eigenvalue weighted by Crippen LogP contribution is 2.43. The highest BCUT2D eigenvalue weighted by atomic mass is 127. The van der Waals surface area contributed by atoms with E-state index < -0.39 is 18.2 Å². The summed E-state index contributed by atoms with van der Waals surface area (Å²) < 4.78 is 26.9. The Morgan fingerprint density at radius 3 is 2.33 bits per heavy atom. The molecule has 1 aromatic rings. The zero-order valence-corrected chi connectivity index (χ0v) is 13.7. The van der Waals surface area contributed by atoms with Gasteiger partial charge >= 0.3 is 0 Å². The lowest BCUT2D eigenvalue weighted by molar-refractivity contribution is 0.187. The van der Waals surface area contributed by atoms with E-state index in [0.717, 1.165) is 0 Å². The minimum atomic E-state index is -3.59. The monoisotopic (exact) mass is 404 g/mol. The van der Waals surface area contributed by atoms with Crippen molar-refractivity contribution in [2.75, 3.05) is 12.9 Å². The molecule has 102 valence electrons. The van der Waals surface area contributed by atoms with E-state index in [9.17, 15) is 13.5 Å². The van der Waals surface area contributed by atoms with Gasteiger partial charge in [0.15, 0.2) is 9.84 Å². The van der Waals surface area contributed by atoms with Crippen molar-refractivity contribution >= 4 is 44.0 Å². The fourth-order valence-electron chi connectivity index (χ4n) is 1.34. The topological polar surface area (TPSA) is 63.6 Å². The van der Waals surface area contributed by atoms with Gasteiger partial charge in [0.1, 0.15) is 11.9 Å². The van der Waals surface area contributed by atoms with Crippen LogP contribution in [0.1, 0.15) is 18.6 Å². The maximum atomic E-state index is 11.8. The van der Waals surface area contributed by atoms with Crippen molar-refractivity contribution in [3.05, 3.63) is 29.8 Å². The minimum Gasteiger partial charge on any atom is -0.497 e. The molecule has 0 aliphatic carbocycles. The zero-order chi connectivity index (χ0) is 14.0. The van der Waals surface area contributed by atoms with E-state index in [1.165, 1.54) is 14.0 Å². The van der Waals surface area contributed by atoms with Crippen molar-refractivity contribution in [2.24, 2.45) is 0 Å². The van der Waals surface area contributed by atoms with Gasteiger partial charge in [0.25, 0.3) is 0 Å². The second-order valence-electron chi connectivity index (χ2n) is 3.64. The van der Waals surface area contributed by atoms with Crippen LogP contribution < -0.4 is 4.74 Å². The van der Waals surface area contributed by atoms with Crippen LogP contribution in [0.25, 0.3) is 0 Å². The molecular weight excluding hydrogens is 391 g/mol. The number of aliphatic hydroxyl groups excluding tert-OH is 1. The summed E-state index contributed by atoms with van der Waals surface area (Å²) >= 11 is 7.57. The molecule has 2 atom stereocenters. The second kappa shape index (κ2) is 5.94. The minimum absolute atomic E-state index is 0.132. The lowest BCUT2D eigenvalue weighted by Gasteiger charge is -2.26. The Labute approximate surface area is 125 Å². The van der Waals surface area contributed by atoms with Crippen molar-refractivity contribution in [1.82, 2.24) is 0 Å². The van der Waals surface area contributed by atoms with Crippen LogP contribution in [0.15, 0.2) is 24.3 Å². The number of benzene rings is 1. The lowest BCUT2D eigenvalue weighted by atomic mass is 10.1. The molecule has 0 heterocycles. The predicted octanol–water partition coefficient (Wildman–Crippen LogP) is 2.49. The van der Waals surface area contributed by atoms with E-state index in [1.54, 1.807) is 46.9 Å². The summed E-state index contributed by atoms with van der Waals surface area (Å²) in [5, 5.41) is 10.1. The molecule has 4 nitrogen and oxygen atoms in total. The molecule has 0 aliphatic rings. The van der Waals surface area contributed by atoms with Gasteiger partial charge in [0, 0.05) is 0 Å². The normalized spacial score (nSPS) is 16.9. The standard InChI is InChI=1S/C11H14ClIO4S/c1-3-18(15,16)11(12,13)10(14)8-4-6-9(17-2)7-5-8/h4-7,10,14H,3H2,1-2H3. The molecule has 0 radical (unpaired) electrons. The van der Waals surface area contributed by atoms with Gasteiger partial charge in [-0.1, -0.05) is 30.7 Å². The van der Waals surface area contributed by atoms with Crippen molar-refractivity contribution in [3.63, 3.8) is 0 Å². The van der Waals surface area contributed by atoms with Crippen LogP contribution >= 0.6 is 34.2 Å². The first-order valence-corrected chi connectivity index (χ1v) is 8.29. The molecule has 1 rings (SSSR count). The number of rotatable bonds is 5. The van der Waals surface area contributed by atoms with E-state index in [4.69, 9.17) is 16.3 Å². The smallest absolute Gasteiger partial charge is 0.225 e. The van der Waals surface area contributed by atoms with Crippen LogP contribution in [0, 0.1) is 0 Å². The van der Waals surface area contributed by atoms with E-state index >= 15 is 0 Å². The fraction of sp³-hybridized carbons (Fsp3) is 0.455. The number of halogens is 2. The summed E-state index contributed by atoms with van der Waals surface area (Å²) in [6.45, 7) is 1.49. The molecule has 0 saturated carbocycles. The largest absolute Gasteiger partial charge is 0.497 e. The summed E-state index contributed by atoms with van der Waals surface area (Å²) in [6, 6.07) is 6.45. The average Bonchev–Trinajstić information content (AvgIpc) is 2.37. The zero-order valence-electron chi connectivity index (χ0n) is 9.93. The van der Waals surface area contributed by atoms with Gasteiger partial charge in [-0.05, 0) is 40.3 Å². The number of ether oxygens (including phenoxy) is 1. The molecule has 0 amide bonds. The number of aliphatic hydroxyl groups is 1. The molecule has 18 heavy (non-hydrogen) atoms. The summed E-state index contributed by atoms with van der Waals surface area (Å²) in [5.41, 5.74) is 0.428. The number of hydrogen-bond donors (Lipinski definition) is 1. The Morgan fingerprint density at radius 1 is 1.44 bits per heavy atom. The van der Waals surface area contributed by atoms with Gasteiger partial charge in [0.05, 0.1) is 12.9 Å². The van der Waals surface area contributed by atoms with Gasteiger partial charge in [-0.15, -0.1) is 0 Å². The third-order valence-electron chi connectivity index (χ3n) is 2.54. The molecule has 0 aliphatic heterocycles. The van der Waals surface area contributed by atoms with Gasteiger partial charge in [-0.3, -0.25) is 0 Å². The highest BCUT2D eigenvalue weighted by molar-refractivity contribution is 14.1. The Hall–Kier alpha value is -0.0500. The van der Waals surface area contributed by atoms with Crippen LogP contribution in [0.2, 0.25) is 0 Å². The Bertz CT molecular complexity index is 498. The maximum absolute atomic E-state index is 11.8. The molecule has 0 saturated heterocycles. The third-order valence-corrected chi connectivity index (χ3v) is 7.87. The molecular formula is C11H14ClIO4S. The SMILES string of the molecule is CCS(=O)(=O)C(Cl)(I)C(O)c1ccc(OC)cc1. The van der Waals surface area contributed by atoms with E-state index in [0.29, 0.717) is 11.3 Å². The van der Waals surface area contributed by atoms with Crippen LogP contribution in [-0.2, 0) is 9.84 Å². The molecule has 0 bridgehead atoms. The second-order valence-corrected chi connectivity index (χ2v) is 9.98. The first-order chi connectivity index (χ1) is 8.26. The number of alkyl halides is 2. The molecule has 0 spiro atoms. The summed E-state index contributed by atoms with van der Waals surface area (Å²) in [4.78, 5) is 0. The number of methoxy groups -OCH3 is 1. The molecule has 1 aromatic carbocycles. The van der Waals surface area contributed by atoms with Gasteiger partial charge in [-0.25, -0.2) is 8.42 Å². The fourth-order valence-corrected chi connectivity index (χ4v) is 3.95. The van der Waals surface area contributed by atoms with Gasteiger partial charge in [0.2, 0.25) is 2.21 Å². The van der Waals surface area contributed by atoms with E-state index in [-0.39, 0.29) is 5.75 Å². The summed E-state index contributed by atoms with van der Waals surface area (Å²) in [5.74, 6) is 0.491. The van der Waals surface area contributed by atoms with Gasteiger partial charge < -0.3 is 9.84 Å². The summed E-state index contributed by atoms with van der Waals surface area (Å²) in [7, 11) is -2.07. The van der Waals surface area contributed by atoms with Gasteiger partial charge in [-0.2, -0.15) is 0 Å². The molecule has 7 heteroatoms. The van der Waals surface area contributed by atoms with Crippen LogP contribution in [0.4, 0.5) is 0 Å². The predicted molar refractivity (Wildman–Crippen MR) is 80.0 cm³/mol. The maximum Gasteiger partial charge on any atom is 0.225 e. The molecule has 0 aromatic heterocycles. The lowest BCUT2D eigenvalue weighted by Crippen LogP contribution is -2.34. The third kappa shape index (κ3) is 3.09. The molecule has 2 unspecified atom stereocenters. The Kier molecular flexibility index (Phi) is 5.28. The van der Waals surface area contributed by atoms with Crippen molar-refractivity contribution < 1.29 is 18.3 Å². The van der Waals surface area contributed by atoms with Crippen molar-refractivity contribution in [1.29, 1.82) is 0 Å². The highest BCUT2D eigenvalue weighted by Gasteiger charge is 2.45. The van der Waals surface area contributed by atoms with E-state index in [2.05, 4.69) is 0 Å². The van der Waals surface area contributed by atoms with E-state index in [1.807, 2.05) is 0 Å². The Balaban J connectivity index is 3.09. The quantitative estimate of drug-likeness (QED) is 0.605. The number of sulfone groups is 1. The first-order valence-electron chi connectivity index (χ1n) is 5.18.